The number of halogens is 3. The Bertz CT molecular complexity index is 416. The number of guanidine groups is 1. The van der Waals surface area contributed by atoms with Crippen LogP contribution in [0.1, 0.15) is 0 Å². The van der Waals surface area contributed by atoms with Gasteiger partial charge in [0.2, 0.25) is 0 Å². The molecule has 0 radical (unpaired) electrons. The van der Waals surface area contributed by atoms with Gasteiger partial charge in [0.15, 0.2) is 5.96 Å². The van der Waals surface area contributed by atoms with Crippen LogP contribution in [0.3, 0.4) is 0 Å². The van der Waals surface area contributed by atoms with Crippen LogP contribution in [0.2, 0.25) is 10.0 Å². The lowest BCUT2D eigenvalue weighted by atomic mass is 10.3. The first kappa shape index (κ1) is 15.8. The lowest BCUT2D eigenvalue weighted by molar-refractivity contribution is 0.0675. The standard InChI is InChI=1S/C11H13Cl2N3O.HI/c12-8-2-1-3-9(13)10(8)15-11(14)16-4-6-17-7-5-16;/h1-3H,4-7H2,(H2,14,15);1H. The van der Waals surface area contributed by atoms with Crippen molar-refractivity contribution < 1.29 is 4.74 Å². The molecule has 0 aromatic heterocycles. The fraction of sp³-hybridized carbons (Fsp3) is 0.364. The number of hydrogen-bond donors (Lipinski definition) is 1. The molecule has 1 saturated heterocycles. The molecule has 1 aliphatic heterocycles. The average Bonchev–Trinajstić information content (AvgIpc) is 2.35. The van der Waals surface area contributed by atoms with Crippen LogP contribution in [0.15, 0.2) is 23.2 Å². The van der Waals surface area contributed by atoms with E-state index in [1.165, 1.54) is 0 Å². The summed E-state index contributed by atoms with van der Waals surface area (Å²) in [5.41, 5.74) is 6.44. The van der Waals surface area contributed by atoms with E-state index in [0.29, 0.717) is 34.9 Å². The molecule has 4 nitrogen and oxygen atoms in total. The number of nitrogens with zero attached hydrogens (tertiary/aromatic N) is 2. The van der Waals surface area contributed by atoms with Crippen molar-refractivity contribution in [2.75, 3.05) is 26.3 Å². The highest BCUT2D eigenvalue weighted by molar-refractivity contribution is 14.0. The maximum absolute atomic E-state index is 6.02. The predicted molar refractivity (Wildman–Crippen MR) is 85.6 cm³/mol. The van der Waals surface area contributed by atoms with E-state index in [2.05, 4.69) is 4.99 Å². The van der Waals surface area contributed by atoms with Gasteiger partial charge in [0.05, 0.1) is 23.3 Å². The zero-order valence-electron chi connectivity index (χ0n) is 9.60. The van der Waals surface area contributed by atoms with E-state index in [1.54, 1.807) is 18.2 Å². The first-order chi connectivity index (χ1) is 8.18. The number of morpholine rings is 1. The third-order valence-electron chi connectivity index (χ3n) is 2.50. The molecule has 0 spiro atoms. The minimum Gasteiger partial charge on any atom is -0.378 e. The monoisotopic (exact) mass is 401 g/mol. The number of rotatable bonds is 1. The lowest BCUT2D eigenvalue weighted by Crippen LogP contribution is -2.44. The van der Waals surface area contributed by atoms with Gasteiger partial charge in [0.1, 0.15) is 5.69 Å². The highest BCUT2D eigenvalue weighted by atomic mass is 127. The van der Waals surface area contributed by atoms with Crippen LogP contribution in [-0.2, 0) is 4.74 Å². The van der Waals surface area contributed by atoms with Crippen molar-refractivity contribution in [3.05, 3.63) is 28.2 Å². The van der Waals surface area contributed by atoms with Crippen molar-refractivity contribution in [1.29, 1.82) is 0 Å². The van der Waals surface area contributed by atoms with E-state index in [4.69, 9.17) is 33.7 Å². The van der Waals surface area contributed by atoms with Gasteiger partial charge in [-0.25, -0.2) is 4.99 Å². The fourth-order valence-corrected chi connectivity index (χ4v) is 2.06. The zero-order valence-corrected chi connectivity index (χ0v) is 13.4. The van der Waals surface area contributed by atoms with Crippen LogP contribution in [0, 0.1) is 0 Å². The van der Waals surface area contributed by atoms with E-state index in [-0.39, 0.29) is 24.0 Å². The van der Waals surface area contributed by atoms with E-state index in [1.807, 2.05) is 4.90 Å². The summed E-state index contributed by atoms with van der Waals surface area (Å²) >= 11 is 12.0. The van der Waals surface area contributed by atoms with Gasteiger partial charge in [-0.05, 0) is 12.1 Å². The maximum Gasteiger partial charge on any atom is 0.196 e. The number of aliphatic imine (C=N–C) groups is 1. The molecule has 2 N–H and O–H groups in total. The fourth-order valence-electron chi connectivity index (χ4n) is 1.57. The second kappa shape index (κ2) is 7.37. The molecule has 0 bridgehead atoms. The minimum atomic E-state index is 0. The largest absolute Gasteiger partial charge is 0.378 e. The topological polar surface area (TPSA) is 50.8 Å². The Balaban J connectivity index is 0.00000162. The predicted octanol–water partition coefficient (Wildman–Crippen LogP) is 2.89. The summed E-state index contributed by atoms with van der Waals surface area (Å²) in [6.45, 7) is 2.79. The molecule has 1 heterocycles. The van der Waals surface area contributed by atoms with E-state index in [0.717, 1.165) is 13.1 Å². The summed E-state index contributed by atoms with van der Waals surface area (Å²) in [4.78, 5) is 6.23. The molecular formula is C11H14Cl2IN3O. The van der Waals surface area contributed by atoms with Gasteiger partial charge in [-0.15, -0.1) is 24.0 Å². The summed E-state index contributed by atoms with van der Waals surface area (Å²) in [6.07, 6.45) is 0. The highest BCUT2D eigenvalue weighted by Crippen LogP contribution is 2.32. The molecule has 0 amide bonds. The number of hydrogen-bond acceptors (Lipinski definition) is 2. The van der Waals surface area contributed by atoms with Gasteiger partial charge >= 0.3 is 0 Å². The SMILES string of the molecule is I.NC(=Nc1c(Cl)cccc1Cl)N1CCOCC1. The molecule has 1 aliphatic rings. The zero-order chi connectivity index (χ0) is 12.3. The Morgan fingerprint density at radius 2 is 1.78 bits per heavy atom. The Labute approximate surface area is 133 Å². The third-order valence-corrected chi connectivity index (χ3v) is 3.11. The first-order valence-corrected chi connectivity index (χ1v) is 6.05. The van der Waals surface area contributed by atoms with Crippen molar-refractivity contribution in [3.8, 4) is 0 Å². The Morgan fingerprint density at radius 3 is 2.33 bits per heavy atom. The molecule has 1 aromatic carbocycles. The van der Waals surface area contributed by atoms with Crippen molar-refractivity contribution in [2.24, 2.45) is 10.7 Å². The summed E-state index contributed by atoms with van der Waals surface area (Å²) in [7, 11) is 0. The van der Waals surface area contributed by atoms with Crippen molar-refractivity contribution in [1.82, 2.24) is 4.90 Å². The quantitative estimate of drug-likeness (QED) is 0.447. The molecule has 100 valence electrons. The molecule has 0 unspecified atom stereocenters. The average molecular weight is 402 g/mol. The Hall–Kier alpha value is -0.240. The molecule has 0 saturated carbocycles. The van der Waals surface area contributed by atoms with Crippen LogP contribution < -0.4 is 5.73 Å². The molecular weight excluding hydrogens is 388 g/mol. The molecule has 0 aliphatic carbocycles. The van der Waals surface area contributed by atoms with E-state index >= 15 is 0 Å². The number of ether oxygens (including phenoxy) is 1. The van der Waals surface area contributed by atoms with Crippen LogP contribution >= 0.6 is 47.2 Å². The Morgan fingerprint density at radius 1 is 1.22 bits per heavy atom. The van der Waals surface area contributed by atoms with Crippen LogP contribution in [0.25, 0.3) is 0 Å². The smallest absolute Gasteiger partial charge is 0.196 e. The van der Waals surface area contributed by atoms with Crippen molar-refractivity contribution in [3.63, 3.8) is 0 Å². The summed E-state index contributed by atoms with van der Waals surface area (Å²) in [5, 5.41) is 0.988. The van der Waals surface area contributed by atoms with Gasteiger partial charge in [-0.3, -0.25) is 0 Å². The van der Waals surface area contributed by atoms with E-state index in [9.17, 15) is 0 Å². The lowest BCUT2D eigenvalue weighted by Gasteiger charge is -2.27. The van der Waals surface area contributed by atoms with Crippen LogP contribution in [0.4, 0.5) is 5.69 Å². The van der Waals surface area contributed by atoms with Gasteiger partial charge < -0.3 is 15.4 Å². The van der Waals surface area contributed by atoms with E-state index < -0.39 is 0 Å². The number of para-hydroxylation sites is 1. The summed E-state index contributed by atoms with van der Waals surface area (Å²) in [6, 6.07) is 5.24. The molecule has 0 atom stereocenters. The molecule has 7 heteroatoms. The van der Waals surface area contributed by atoms with Gasteiger partial charge in [0.25, 0.3) is 0 Å². The number of nitrogens with two attached hydrogens (primary N) is 1. The maximum atomic E-state index is 6.02. The summed E-state index contributed by atoms with van der Waals surface area (Å²) in [5.74, 6) is 0.420. The van der Waals surface area contributed by atoms with Crippen molar-refractivity contribution in [2.45, 2.75) is 0 Å². The molecule has 18 heavy (non-hydrogen) atoms. The first-order valence-electron chi connectivity index (χ1n) is 5.29. The second-order valence-corrected chi connectivity index (χ2v) is 4.45. The Kier molecular flexibility index (Phi) is 6.48. The summed E-state index contributed by atoms with van der Waals surface area (Å²) < 4.78 is 5.24. The normalized spacial score (nSPS) is 16.3. The third kappa shape index (κ3) is 3.88. The highest BCUT2D eigenvalue weighted by Gasteiger charge is 2.13. The van der Waals surface area contributed by atoms with Gasteiger partial charge in [-0.2, -0.15) is 0 Å². The van der Waals surface area contributed by atoms with Gasteiger partial charge in [0, 0.05) is 13.1 Å². The molecule has 2 rings (SSSR count). The van der Waals surface area contributed by atoms with Crippen LogP contribution in [0.5, 0.6) is 0 Å². The number of benzene rings is 1. The molecule has 1 aromatic rings. The van der Waals surface area contributed by atoms with Crippen molar-refractivity contribution >= 4 is 58.8 Å². The van der Waals surface area contributed by atoms with Crippen LogP contribution in [-0.4, -0.2) is 37.2 Å². The van der Waals surface area contributed by atoms with Gasteiger partial charge in [-0.1, -0.05) is 29.3 Å². The second-order valence-electron chi connectivity index (χ2n) is 3.64. The molecule has 1 fully saturated rings. The minimum absolute atomic E-state index is 0.